The predicted octanol–water partition coefficient (Wildman–Crippen LogP) is 2.14. The second kappa shape index (κ2) is 8.43. The highest BCUT2D eigenvalue weighted by Crippen LogP contribution is 2.24. The lowest BCUT2D eigenvalue weighted by molar-refractivity contribution is 0.0895. The first-order valence-corrected chi connectivity index (χ1v) is 9.24. The molecule has 1 N–H and O–H groups in total. The van der Waals surface area contributed by atoms with Gasteiger partial charge < -0.3 is 14.8 Å². The molecule has 1 amide bonds. The summed E-state index contributed by atoms with van der Waals surface area (Å²) in [5, 5.41) is 7.39. The molecule has 0 radical (unpaired) electrons. The number of likely N-dealkylation sites (tertiary alicyclic amines) is 1. The Morgan fingerprint density at radius 2 is 1.93 bits per heavy atom. The molecule has 0 spiro atoms. The molecule has 2 aromatic rings. The second-order valence-corrected chi connectivity index (χ2v) is 7.06. The second-order valence-electron chi connectivity index (χ2n) is 7.06. The molecule has 1 atom stereocenters. The van der Waals surface area contributed by atoms with Gasteiger partial charge in [0.25, 0.3) is 5.91 Å². The van der Waals surface area contributed by atoms with E-state index < -0.39 is 0 Å². The lowest BCUT2D eigenvalue weighted by atomic mass is 10.0. The summed E-state index contributed by atoms with van der Waals surface area (Å²) in [6.45, 7) is 4.56. The zero-order chi connectivity index (χ0) is 19.4. The molecule has 7 nitrogen and oxygen atoms in total. The molecule has 27 heavy (non-hydrogen) atoms. The van der Waals surface area contributed by atoms with E-state index in [9.17, 15) is 4.79 Å². The number of ether oxygens (including phenoxy) is 2. The maximum atomic E-state index is 12.5. The van der Waals surface area contributed by atoms with Crippen LogP contribution in [0.15, 0.2) is 24.3 Å². The van der Waals surface area contributed by atoms with Crippen molar-refractivity contribution >= 4 is 5.91 Å². The first-order valence-electron chi connectivity index (χ1n) is 9.24. The molecular formula is C20H28N4O3. The number of methoxy groups -OCH3 is 2. The Morgan fingerprint density at radius 1 is 1.22 bits per heavy atom. The maximum absolute atomic E-state index is 12.5. The van der Waals surface area contributed by atoms with Gasteiger partial charge in [0, 0.05) is 37.9 Å². The quantitative estimate of drug-likeness (QED) is 0.841. The smallest absolute Gasteiger partial charge is 0.272 e. The minimum Gasteiger partial charge on any atom is -0.497 e. The van der Waals surface area contributed by atoms with Crippen molar-refractivity contribution in [1.29, 1.82) is 0 Å². The molecule has 0 bridgehead atoms. The molecular weight excluding hydrogens is 344 g/mol. The van der Waals surface area contributed by atoms with E-state index in [-0.39, 0.29) is 11.9 Å². The van der Waals surface area contributed by atoms with Crippen molar-refractivity contribution in [3.8, 4) is 11.5 Å². The van der Waals surface area contributed by atoms with Crippen LogP contribution in [-0.4, -0.2) is 53.9 Å². The van der Waals surface area contributed by atoms with Crippen LogP contribution in [0.1, 0.15) is 34.6 Å². The van der Waals surface area contributed by atoms with Gasteiger partial charge in [-0.3, -0.25) is 14.4 Å². The Labute approximate surface area is 160 Å². The van der Waals surface area contributed by atoms with Crippen molar-refractivity contribution in [3.63, 3.8) is 0 Å². The zero-order valence-electron chi connectivity index (χ0n) is 16.5. The highest BCUT2D eigenvalue weighted by molar-refractivity contribution is 5.92. The van der Waals surface area contributed by atoms with Crippen LogP contribution in [0.4, 0.5) is 0 Å². The zero-order valence-corrected chi connectivity index (χ0v) is 16.5. The average Bonchev–Trinajstić information content (AvgIpc) is 3.00. The van der Waals surface area contributed by atoms with Crippen LogP contribution in [0, 0.1) is 6.92 Å². The Morgan fingerprint density at radius 3 is 2.52 bits per heavy atom. The Kier molecular flexibility index (Phi) is 6.01. The van der Waals surface area contributed by atoms with E-state index in [1.165, 1.54) is 0 Å². The molecule has 1 saturated heterocycles. The summed E-state index contributed by atoms with van der Waals surface area (Å²) in [6.07, 6.45) is 2.03. The molecule has 7 heteroatoms. The SMILES string of the molecule is COc1cc(CN2CCCC(NC(=O)c3cc(C)n(C)n3)C2)cc(OC)c1. The lowest BCUT2D eigenvalue weighted by Crippen LogP contribution is -2.47. The number of rotatable bonds is 6. The van der Waals surface area contributed by atoms with Crippen LogP contribution in [0.25, 0.3) is 0 Å². The number of benzene rings is 1. The molecule has 1 unspecified atom stereocenters. The number of hydrogen-bond donors (Lipinski definition) is 1. The molecule has 0 aliphatic carbocycles. The Bertz CT molecular complexity index is 761. The summed E-state index contributed by atoms with van der Waals surface area (Å²) < 4.78 is 12.4. The number of carbonyl (C=O) groups excluding carboxylic acids is 1. The third-order valence-corrected chi connectivity index (χ3v) is 5.00. The number of amides is 1. The molecule has 3 rings (SSSR count). The normalized spacial score (nSPS) is 17.6. The topological polar surface area (TPSA) is 68.6 Å². The van der Waals surface area contributed by atoms with E-state index in [0.29, 0.717) is 5.69 Å². The standard InChI is InChI=1S/C20H28N4O3/c1-14-8-19(22-23(14)2)20(25)21-16-6-5-7-24(13-16)12-15-9-17(26-3)11-18(10-15)27-4/h8-11,16H,5-7,12-13H2,1-4H3,(H,21,25). The summed E-state index contributed by atoms with van der Waals surface area (Å²) in [5.41, 5.74) is 2.58. The van der Waals surface area contributed by atoms with Gasteiger partial charge in [-0.25, -0.2) is 0 Å². The van der Waals surface area contributed by atoms with Crippen molar-refractivity contribution in [2.45, 2.75) is 32.4 Å². The van der Waals surface area contributed by atoms with Gasteiger partial charge in [0.2, 0.25) is 0 Å². The molecule has 2 heterocycles. The van der Waals surface area contributed by atoms with Crippen LogP contribution in [-0.2, 0) is 13.6 Å². The van der Waals surface area contributed by atoms with Gasteiger partial charge in [-0.2, -0.15) is 5.10 Å². The average molecular weight is 372 g/mol. The van der Waals surface area contributed by atoms with Crippen LogP contribution < -0.4 is 14.8 Å². The van der Waals surface area contributed by atoms with Gasteiger partial charge in [-0.15, -0.1) is 0 Å². The first-order chi connectivity index (χ1) is 13.0. The van der Waals surface area contributed by atoms with Crippen LogP contribution >= 0.6 is 0 Å². The number of aryl methyl sites for hydroxylation is 2. The number of nitrogens with zero attached hydrogens (tertiary/aromatic N) is 3. The fourth-order valence-electron chi connectivity index (χ4n) is 3.46. The third-order valence-electron chi connectivity index (χ3n) is 5.00. The van der Waals surface area contributed by atoms with E-state index in [1.807, 2.05) is 38.2 Å². The largest absolute Gasteiger partial charge is 0.497 e. The number of aromatic nitrogens is 2. The number of piperidine rings is 1. The van der Waals surface area contributed by atoms with E-state index in [4.69, 9.17) is 9.47 Å². The summed E-state index contributed by atoms with van der Waals surface area (Å²) in [7, 11) is 5.16. The Hall–Kier alpha value is -2.54. The fraction of sp³-hybridized carbons (Fsp3) is 0.500. The summed E-state index contributed by atoms with van der Waals surface area (Å²) in [4.78, 5) is 14.8. The van der Waals surface area contributed by atoms with Crippen molar-refractivity contribution in [2.24, 2.45) is 7.05 Å². The molecule has 1 fully saturated rings. The molecule has 0 saturated carbocycles. The van der Waals surface area contributed by atoms with Gasteiger partial charge in [0.1, 0.15) is 17.2 Å². The Balaban J connectivity index is 1.61. The molecule has 1 aliphatic heterocycles. The first kappa shape index (κ1) is 19.2. The highest BCUT2D eigenvalue weighted by atomic mass is 16.5. The number of hydrogen-bond acceptors (Lipinski definition) is 5. The van der Waals surface area contributed by atoms with Crippen molar-refractivity contribution in [1.82, 2.24) is 20.0 Å². The molecule has 146 valence electrons. The van der Waals surface area contributed by atoms with Crippen molar-refractivity contribution in [3.05, 3.63) is 41.2 Å². The van der Waals surface area contributed by atoms with E-state index in [0.717, 1.165) is 55.2 Å². The van der Waals surface area contributed by atoms with Crippen molar-refractivity contribution in [2.75, 3.05) is 27.3 Å². The minimum atomic E-state index is -0.103. The van der Waals surface area contributed by atoms with E-state index in [1.54, 1.807) is 18.9 Å². The fourth-order valence-corrected chi connectivity index (χ4v) is 3.46. The van der Waals surface area contributed by atoms with Crippen LogP contribution in [0.5, 0.6) is 11.5 Å². The van der Waals surface area contributed by atoms with Gasteiger partial charge in [0.05, 0.1) is 14.2 Å². The molecule has 1 aromatic carbocycles. The summed E-state index contributed by atoms with van der Waals surface area (Å²) in [5.74, 6) is 1.47. The highest BCUT2D eigenvalue weighted by Gasteiger charge is 2.23. The van der Waals surface area contributed by atoms with Gasteiger partial charge >= 0.3 is 0 Å². The predicted molar refractivity (Wildman–Crippen MR) is 103 cm³/mol. The minimum absolute atomic E-state index is 0.103. The summed E-state index contributed by atoms with van der Waals surface area (Å²) >= 11 is 0. The van der Waals surface area contributed by atoms with E-state index in [2.05, 4.69) is 15.3 Å². The monoisotopic (exact) mass is 372 g/mol. The lowest BCUT2D eigenvalue weighted by Gasteiger charge is -2.33. The molecule has 1 aromatic heterocycles. The molecule has 1 aliphatic rings. The van der Waals surface area contributed by atoms with Gasteiger partial charge in [-0.1, -0.05) is 0 Å². The van der Waals surface area contributed by atoms with Gasteiger partial charge in [0.15, 0.2) is 0 Å². The van der Waals surface area contributed by atoms with E-state index >= 15 is 0 Å². The van der Waals surface area contributed by atoms with Gasteiger partial charge in [-0.05, 0) is 50.1 Å². The third kappa shape index (κ3) is 4.80. The van der Waals surface area contributed by atoms with Crippen molar-refractivity contribution < 1.29 is 14.3 Å². The summed E-state index contributed by atoms with van der Waals surface area (Å²) in [6, 6.07) is 7.87. The van der Waals surface area contributed by atoms with Crippen LogP contribution in [0.3, 0.4) is 0 Å². The number of carbonyl (C=O) groups is 1. The number of nitrogens with one attached hydrogen (secondary N) is 1. The maximum Gasteiger partial charge on any atom is 0.272 e. The van der Waals surface area contributed by atoms with Crippen LogP contribution in [0.2, 0.25) is 0 Å².